The predicted octanol–water partition coefficient (Wildman–Crippen LogP) is 4.00. The number of methoxy groups -OCH3 is 1. The number of hydrogen-bond acceptors (Lipinski definition) is 6. The quantitative estimate of drug-likeness (QED) is 0.499. The van der Waals surface area contributed by atoms with Crippen LogP contribution in [-0.2, 0) is 17.9 Å². The second kappa shape index (κ2) is 8.62. The van der Waals surface area contributed by atoms with Gasteiger partial charge in [-0.15, -0.1) is 0 Å². The van der Waals surface area contributed by atoms with Gasteiger partial charge in [0.1, 0.15) is 18.0 Å². The minimum atomic E-state index is 0.444. The van der Waals surface area contributed by atoms with Gasteiger partial charge < -0.3 is 15.0 Å². The zero-order chi connectivity index (χ0) is 20.1. The fourth-order valence-electron chi connectivity index (χ4n) is 3.02. The summed E-state index contributed by atoms with van der Waals surface area (Å²) in [4.78, 5) is 21.2. The molecule has 0 saturated carbocycles. The summed E-state index contributed by atoms with van der Waals surface area (Å²) in [5.41, 5.74) is 5.70. The van der Waals surface area contributed by atoms with Crippen molar-refractivity contribution < 1.29 is 4.74 Å². The van der Waals surface area contributed by atoms with Crippen molar-refractivity contribution in [2.24, 2.45) is 0 Å². The topological polar surface area (TPSA) is 88.6 Å². The first-order chi connectivity index (χ1) is 14.2. The molecule has 0 aliphatic heterocycles. The number of pyridine rings is 1. The third-order valence-corrected chi connectivity index (χ3v) is 4.45. The van der Waals surface area contributed by atoms with Crippen molar-refractivity contribution in [3.8, 4) is 22.6 Å². The average molecular weight is 386 g/mol. The molecule has 0 amide bonds. The summed E-state index contributed by atoms with van der Waals surface area (Å²) in [5.74, 6) is 1.52. The highest BCUT2D eigenvalue weighted by Gasteiger charge is 2.15. The van der Waals surface area contributed by atoms with Crippen LogP contribution in [0.2, 0.25) is 0 Å². The number of rotatable bonds is 7. The van der Waals surface area contributed by atoms with Crippen LogP contribution in [0.4, 0.5) is 5.82 Å². The number of imidazole rings is 1. The van der Waals surface area contributed by atoms with E-state index >= 15 is 0 Å². The number of ether oxygens (including phenoxy) is 1. The fourth-order valence-corrected chi connectivity index (χ4v) is 3.02. The summed E-state index contributed by atoms with van der Waals surface area (Å²) in [7, 11) is 1.64. The molecule has 0 atom stereocenters. The Morgan fingerprint density at radius 1 is 1.03 bits per heavy atom. The molecule has 0 fully saturated rings. The summed E-state index contributed by atoms with van der Waals surface area (Å²) >= 11 is 0. The maximum absolute atomic E-state index is 5.13. The molecule has 0 saturated heterocycles. The van der Waals surface area contributed by atoms with Crippen molar-refractivity contribution in [3.05, 3.63) is 78.1 Å². The first kappa shape index (κ1) is 18.8. The molecule has 7 heteroatoms. The van der Waals surface area contributed by atoms with Crippen LogP contribution in [0.3, 0.4) is 0 Å². The van der Waals surface area contributed by atoms with Gasteiger partial charge >= 0.3 is 0 Å². The van der Waals surface area contributed by atoms with Gasteiger partial charge in [0.2, 0.25) is 0 Å². The SMILES string of the molecule is COCc1cc(NCc2nc(-c3ccc(C)cc3)c(-c3ccccn3)[nH]2)ncn1. The van der Waals surface area contributed by atoms with Crippen LogP contribution in [0.15, 0.2) is 61.1 Å². The Balaban J connectivity index is 1.62. The first-order valence-electron chi connectivity index (χ1n) is 9.34. The molecule has 2 N–H and O–H groups in total. The number of anilines is 1. The number of nitrogens with one attached hydrogen (secondary N) is 2. The van der Waals surface area contributed by atoms with Crippen molar-refractivity contribution in [2.45, 2.75) is 20.1 Å². The second-order valence-electron chi connectivity index (χ2n) is 6.67. The van der Waals surface area contributed by atoms with E-state index in [1.807, 2.05) is 24.3 Å². The molecule has 146 valence electrons. The Hall–Kier alpha value is -3.58. The van der Waals surface area contributed by atoms with Gasteiger partial charge in [0.05, 0.1) is 35.9 Å². The lowest BCUT2D eigenvalue weighted by Crippen LogP contribution is -2.04. The number of H-pyrrole nitrogens is 1. The van der Waals surface area contributed by atoms with Gasteiger partial charge in [-0.3, -0.25) is 4.98 Å². The van der Waals surface area contributed by atoms with Gasteiger partial charge in [0.15, 0.2) is 0 Å². The fraction of sp³-hybridized carbons (Fsp3) is 0.182. The molecular weight excluding hydrogens is 364 g/mol. The number of hydrogen-bond donors (Lipinski definition) is 2. The number of benzene rings is 1. The molecule has 3 aromatic heterocycles. The van der Waals surface area contributed by atoms with Gasteiger partial charge in [0.25, 0.3) is 0 Å². The van der Waals surface area contributed by atoms with Crippen LogP contribution < -0.4 is 5.32 Å². The van der Waals surface area contributed by atoms with E-state index in [-0.39, 0.29) is 0 Å². The molecule has 7 nitrogen and oxygen atoms in total. The van der Waals surface area contributed by atoms with Crippen molar-refractivity contribution in [3.63, 3.8) is 0 Å². The molecule has 0 aliphatic rings. The molecule has 0 radical (unpaired) electrons. The summed E-state index contributed by atoms with van der Waals surface area (Å²) in [6, 6.07) is 16.0. The van der Waals surface area contributed by atoms with E-state index in [2.05, 4.69) is 56.4 Å². The predicted molar refractivity (Wildman–Crippen MR) is 112 cm³/mol. The van der Waals surface area contributed by atoms with Crippen LogP contribution in [0.5, 0.6) is 0 Å². The molecule has 0 aliphatic carbocycles. The molecule has 3 heterocycles. The lowest BCUT2D eigenvalue weighted by Gasteiger charge is -2.05. The van der Waals surface area contributed by atoms with E-state index < -0.39 is 0 Å². The summed E-state index contributed by atoms with van der Waals surface area (Å²) in [5, 5.41) is 3.29. The van der Waals surface area contributed by atoms with Crippen LogP contribution >= 0.6 is 0 Å². The maximum atomic E-state index is 5.13. The zero-order valence-electron chi connectivity index (χ0n) is 16.4. The Labute approximate surface area is 169 Å². The van der Waals surface area contributed by atoms with E-state index in [0.717, 1.165) is 40.0 Å². The van der Waals surface area contributed by atoms with E-state index in [9.17, 15) is 0 Å². The van der Waals surface area contributed by atoms with Crippen molar-refractivity contribution in [1.29, 1.82) is 0 Å². The second-order valence-corrected chi connectivity index (χ2v) is 6.67. The largest absolute Gasteiger partial charge is 0.378 e. The number of aryl methyl sites for hydroxylation is 1. The minimum absolute atomic E-state index is 0.444. The normalized spacial score (nSPS) is 10.8. The maximum Gasteiger partial charge on any atom is 0.130 e. The van der Waals surface area contributed by atoms with Gasteiger partial charge in [-0.2, -0.15) is 0 Å². The van der Waals surface area contributed by atoms with Crippen molar-refractivity contribution >= 4 is 5.82 Å². The molecule has 29 heavy (non-hydrogen) atoms. The Bertz CT molecular complexity index is 1080. The molecule has 0 bridgehead atoms. The number of aromatic nitrogens is 5. The van der Waals surface area contributed by atoms with Crippen molar-refractivity contribution in [2.75, 3.05) is 12.4 Å². The van der Waals surface area contributed by atoms with Crippen LogP contribution in [-0.4, -0.2) is 32.0 Å². The highest BCUT2D eigenvalue weighted by Crippen LogP contribution is 2.29. The van der Waals surface area contributed by atoms with Crippen LogP contribution in [0.25, 0.3) is 22.6 Å². The van der Waals surface area contributed by atoms with Crippen LogP contribution in [0, 0.1) is 6.92 Å². The van der Waals surface area contributed by atoms with E-state index in [0.29, 0.717) is 13.2 Å². The van der Waals surface area contributed by atoms with Gasteiger partial charge in [0, 0.05) is 24.9 Å². The third-order valence-electron chi connectivity index (χ3n) is 4.45. The smallest absolute Gasteiger partial charge is 0.130 e. The monoisotopic (exact) mass is 386 g/mol. The standard InChI is InChI=1S/C22H22N6O/c1-15-6-8-16(9-7-15)21-22(18-5-3-4-10-23-18)28-20(27-21)12-24-19-11-17(13-29-2)25-14-26-19/h3-11,14H,12-13H2,1-2H3,(H,27,28)(H,24,25,26). The van der Waals surface area contributed by atoms with E-state index in [1.54, 1.807) is 13.3 Å². The number of aromatic amines is 1. The van der Waals surface area contributed by atoms with Crippen LogP contribution in [0.1, 0.15) is 17.1 Å². The lowest BCUT2D eigenvalue weighted by molar-refractivity contribution is 0.181. The first-order valence-corrected chi connectivity index (χ1v) is 9.34. The molecule has 4 aromatic rings. The average Bonchev–Trinajstić information content (AvgIpc) is 3.18. The molecule has 4 rings (SSSR count). The van der Waals surface area contributed by atoms with Gasteiger partial charge in [-0.25, -0.2) is 15.0 Å². The summed E-state index contributed by atoms with van der Waals surface area (Å²) < 4.78 is 5.13. The zero-order valence-corrected chi connectivity index (χ0v) is 16.4. The number of nitrogens with zero attached hydrogens (tertiary/aromatic N) is 4. The van der Waals surface area contributed by atoms with Crippen molar-refractivity contribution in [1.82, 2.24) is 24.9 Å². The Morgan fingerprint density at radius 3 is 2.66 bits per heavy atom. The Kier molecular flexibility index (Phi) is 5.58. The highest BCUT2D eigenvalue weighted by molar-refractivity contribution is 5.76. The third kappa shape index (κ3) is 4.47. The van der Waals surface area contributed by atoms with Gasteiger partial charge in [-0.1, -0.05) is 35.9 Å². The lowest BCUT2D eigenvalue weighted by atomic mass is 10.1. The molecule has 1 aromatic carbocycles. The van der Waals surface area contributed by atoms with E-state index in [4.69, 9.17) is 9.72 Å². The molecule has 0 spiro atoms. The highest BCUT2D eigenvalue weighted by atomic mass is 16.5. The summed E-state index contributed by atoms with van der Waals surface area (Å²) in [6.07, 6.45) is 3.31. The van der Waals surface area contributed by atoms with Gasteiger partial charge in [-0.05, 0) is 19.1 Å². The molecular formula is C22H22N6O. The molecule has 0 unspecified atom stereocenters. The Morgan fingerprint density at radius 2 is 1.90 bits per heavy atom. The summed E-state index contributed by atoms with van der Waals surface area (Å²) in [6.45, 7) is 3.01. The minimum Gasteiger partial charge on any atom is -0.378 e. The van der Waals surface area contributed by atoms with E-state index in [1.165, 1.54) is 11.9 Å².